The first kappa shape index (κ1) is 14.2. The average molecular weight is 278 g/mol. The van der Waals surface area contributed by atoms with E-state index in [4.69, 9.17) is 0 Å². The lowest BCUT2D eigenvalue weighted by Crippen LogP contribution is -2.06. The van der Waals surface area contributed by atoms with Crippen molar-refractivity contribution in [2.45, 2.75) is 19.8 Å². The fourth-order valence-corrected chi connectivity index (χ4v) is 1.95. The molecule has 1 aromatic carbocycles. The summed E-state index contributed by atoms with van der Waals surface area (Å²) < 4.78 is 26.9. The van der Waals surface area contributed by atoms with Crippen LogP contribution in [0.15, 0.2) is 24.5 Å². The average Bonchev–Trinajstić information content (AvgIpc) is 2.46. The zero-order valence-corrected chi connectivity index (χ0v) is 11.4. The van der Waals surface area contributed by atoms with Gasteiger partial charge in [0, 0.05) is 12.6 Å². The van der Waals surface area contributed by atoms with E-state index in [1.165, 1.54) is 18.5 Å². The normalized spacial score (nSPS) is 10.4. The SMILES string of the molecule is CCCc1c(NC)ncnc1Nc1cccc(F)c1F. The summed E-state index contributed by atoms with van der Waals surface area (Å²) in [5, 5.41) is 5.81. The van der Waals surface area contributed by atoms with Crippen LogP contribution in [-0.4, -0.2) is 17.0 Å². The van der Waals surface area contributed by atoms with Crippen molar-refractivity contribution in [2.24, 2.45) is 0 Å². The van der Waals surface area contributed by atoms with Crippen molar-refractivity contribution < 1.29 is 8.78 Å². The van der Waals surface area contributed by atoms with Gasteiger partial charge >= 0.3 is 0 Å². The first-order chi connectivity index (χ1) is 9.67. The van der Waals surface area contributed by atoms with Gasteiger partial charge < -0.3 is 10.6 Å². The smallest absolute Gasteiger partial charge is 0.182 e. The standard InChI is InChI=1S/C14H16F2N4/c1-3-5-9-13(17-2)18-8-19-14(9)20-11-7-4-6-10(15)12(11)16/h4,6-8H,3,5H2,1-2H3,(H2,17,18,19,20). The summed E-state index contributed by atoms with van der Waals surface area (Å²) in [4.78, 5) is 8.25. The molecule has 1 heterocycles. The van der Waals surface area contributed by atoms with E-state index in [0.29, 0.717) is 11.6 Å². The fourth-order valence-electron chi connectivity index (χ4n) is 1.95. The van der Waals surface area contributed by atoms with Gasteiger partial charge in [-0.25, -0.2) is 18.7 Å². The number of nitrogens with one attached hydrogen (secondary N) is 2. The molecule has 0 aliphatic carbocycles. The zero-order valence-electron chi connectivity index (χ0n) is 11.4. The van der Waals surface area contributed by atoms with Crippen LogP contribution in [0.4, 0.5) is 26.1 Å². The Morgan fingerprint density at radius 2 is 1.90 bits per heavy atom. The molecular weight excluding hydrogens is 262 g/mol. The van der Waals surface area contributed by atoms with Crippen molar-refractivity contribution in [3.63, 3.8) is 0 Å². The summed E-state index contributed by atoms with van der Waals surface area (Å²) in [6, 6.07) is 3.99. The van der Waals surface area contributed by atoms with E-state index in [1.54, 1.807) is 7.05 Å². The molecule has 0 atom stereocenters. The Hall–Kier alpha value is -2.24. The second-order valence-corrected chi connectivity index (χ2v) is 4.28. The van der Waals surface area contributed by atoms with Gasteiger partial charge in [-0.2, -0.15) is 0 Å². The molecule has 0 saturated heterocycles. The molecule has 2 N–H and O–H groups in total. The van der Waals surface area contributed by atoms with Crippen LogP contribution in [0.2, 0.25) is 0 Å². The molecule has 0 bridgehead atoms. The molecule has 106 valence electrons. The molecule has 2 rings (SSSR count). The number of rotatable bonds is 5. The van der Waals surface area contributed by atoms with Gasteiger partial charge in [0.1, 0.15) is 18.0 Å². The van der Waals surface area contributed by atoms with E-state index in [-0.39, 0.29) is 5.69 Å². The molecule has 1 aromatic heterocycles. The van der Waals surface area contributed by atoms with E-state index in [2.05, 4.69) is 20.6 Å². The first-order valence-electron chi connectivity index (χ1n) is 6.40. The summed E-state index contributed by atoms with van der Waals surface area (Å²) in [6.45, 7) is 2.03. The minimum atomic E-state index is -0.917. The molecule has 0 amide bonds. The Morgan fingerprint density at radius 3 is 2.60 bits per heavy atom. The summed E-state index contributed by atoms with van der Waals surface area (Å²) in [5.74, 6) is -0.647. The van der Waals surface area contributed by atoms with Crippen molar-refractivity contribution in [1.82, 2.24) is 9.97 Å². The van der Waals surface area contributed by atoms with Crippen molar-refractivity contribution in [3.05, 3.63) is 41.7 Å². The molecule has 0 fully saturated rings. The molecular formula is C14H16F2N4. The molecule has 2 aromatic rings. The Kier molecular flexibility index (Phi) is 4.45. The maximum absolute atomic E-state index is 13.7. The number of nitrogens with zero attached hydrogens (tertiary/aromatic N) is 2. The highest BCUT2D eigenvalue weighted by molar-refractivity contribution is 5.65. The van der Waals surface area contributed by atoms with Crippen molar-refractivity contribution in [2.75, 3.05) is 17.7 Å². The van der Waals surface area contributed by atoms with Crippen LogP contribution in [0.25, 0.3) is 0 Å². The number of halogens is 2. The predicted octanol–water partition coefficient (Wildman–Crippen LogP) is 3.49. The van der Waals surface area contributed by atoms with Gasteiger partial charge in [-0.3, -0.25) is 0 Å². The summed E-state index contributed by atoms with van der Waals surface area (Å²) in [5.41, 5.74) is 0.907. The van der Waals surface area contributed by atoms with Gasteiger partial charge in [0.2, 0.25) is 0 Å². The Balaban J connectivity index is 2.40. The van der Waals surface area contributed by atoms with E-state index in [1.807, 2.05) is 6.92 Å². The van der Waals surface area contributed by atoms with E-state index < -0.39 is 11.6 Å². The predicted molar refractivity (Wildman–Crippen MR) is 75.2 cm³/mol. The largest absolute Gasteiger partial charge is 0.373 e. The van der Waals surface area contributed by atoms with Crippen molar-refractivity contribution >= 4 is 17.3 Å². The lowest BCUT2D eigenvalue weighted by atomic mass is 10.1. The highest BCUT2D eigenvalue weighted by atomic mass is 19.2. The minimum absolute atomic E-state index is 0.0584. The van der Waals surface area contributed by atoms with Crippen LogP contribution in [0.3, 0.4) is 0 Å². The lowest BCUT2D eigenvalue weighted by molar-refractivity contribution is 0.511. The van der Waals surface area contributed by atoms with Crippen LogP contribution < -0.4 is 10.6 Å². The Morgan fingerprint density at radius 1 is 1.15 bits per heavy atom. The topological polar surface area (TPSA) is 49.8 Å². The summed E-state index contributed by atoms with van der Waals surface area (Å²) >= 11 is 0. The quantitative estimate of drug-likeness (QED) is 0.879. The molecule has 0 radical (unpaired) electrons. The third-order valence-corrected chi connectivity index (χ3v) is 2.89. The van der Waals surface area contributed by atoms with Gasteiger partial charge in [0.25, 0.3) is 0 Å². The third kappa shape index (κ3) is 2.84. The summed E-state index contributed by atoms with van der Waals surface area (Å²) in [6.07, 6.45) is 3.00. The molecule has 6 heteroatoms. The molecule has 20 heavy (non-hydrogen) atoms. The molecule has 0 spiro atoms. The van der Waals surface area contributed by atoms with Crippen LogP contribution in [0, 0.1) is 11.6 Å². The Bertz CT molecular complexity index is 602. The molecule has 4 nitrogen and oxygen atoms in total. The van der Waals surface area contributed by atoms with E-state index in [0.717, 1.165) is 24.5 Å². The van der Waals surface area contributed by atoms with Crippen molar-refractivity contribution in [1.29, 1.82) is 0 Å². The molecule has 0 saturated carbocycles. The van der Waals surface area contributed by atoms with Crippen molar-refractivity contribution in [3.8, 4) is 0 Å². The molecule has 0 unspecified atom stereocenters. The van der Waals surface area contributed by atoms with Gasteiger partial charge in [0.15, 0.2) is 11.6 Å². The van der Waals surface area contributed by atoms with Crippen LogP contribution in [0.1, 0.15) is 18.9 Å². The molecule has 0 aliphatic rings. The highest BCUT2D eigenvalue weighted by Crippen LogP contribution is 2.26. The fraction of sp³-hybridized carbons (Fsp3) is 0.286. The third-order valence-electron chi connectivity index (χ3n) is 2.89. The Labute approximate surface area is 116 Å². The minimum Gasteiger partial charge on any atom is -0.373 e. The zero-order chi connectivity index (χ0) is 14.5. The van der Waals surface area contributed by atoms with Crippen LogP contribution >= 0.6 is 0 Å². The summed E-state index contributed by atoms with van der Waals surface area (Å²) in [7, 11) is 1.76. The number of hydrogen-bond donors (Lipinski definition) is 2. The second-order valence-electron chi connectivity index (χ2n) is 4.28. The van der Waals surface area contributed by atoms with Gasteiger partial charge in [-0.05, 0) is 18.6 Å². The number of anilines is 3. The van der Waals surface area contributed by atoms with Crippen LogP contribution in [0.5, 0.6) is 0 Å². The van der Waals surface area contributed by atoms with Gasteiger partial charge in [-0.1, -0.05) is 19.4 Å². The van der Waals surface area contributed by atoms with Crippen LogP contribution in [-0.2, 0) is 6.42 Å². The molecule has 0 aliphatic heterocycles. The van der Waals surface area contributed by atoms with Gasteiger partial charge in [0.05, 0.1) is 5.69 Å². The monoisotopic (exact) mass is 278 g/mol. The van der Waals surface area contributed by atoms with E-state index in [9.17, 15) is 8.78 Å². The van der Waals surface area contributed by atoms with Gasteiger partial charge in [-0.15, -0.1) is 0 Å². The first-order valence-corrected chi connectivity index (χ1v) is 6.40. The second kappa shape index (κ2) is 6.27. The maximum Gasteiger partial charge on any atom is 0.182 e. The maximum atomic E-state index is 13.7. The number of hydrogen-bond acceptors (Lipinski definition) is 4. The van der Waals surface area contributed by atoms with E-state index >= 15 is 0 Å². The highest BCUT2D eigenvalue weighted by Gasteiger charge is 2.13. The lowest BCUT2D eigenvalue weighted by Gasteiger charge is -2.14. The number of benzene rings is 1. The number of aromatic nitrogens is 2.